The number of carbonyl (C=O) groups excluding carboxylic acids is 2. The summed E-state index contributed by atoms with van der Waals surface area (Å²) in [6.07, 6.45) is 0. The molecule has 8 heteroatoms. The molecule has 0 aliphatic rings. The van der Waals surface area contributed by atoms with E-state index in [4.69, 9.17) is 0 Å². The molecule has 7 nitrogen and oxygen atoms in total. The van der Waals surface area contributed by atoms with Crippen molar-refractivity contribution in [3.8, 4) is 0 Å². The summed E-state index contributed by atoms with van der Waals surface area (Å²) >= 11 is 1.39. The second-order valence-corrected chi connectivity index (χ2v) is 8.42. The number of benzene rings is 3. The fourth-order valence-electron chi connectivity index (χ4n) is 3.35. The number of aromatic nitrogens is 2. The zero-order valence-electron chi connectivity index (χ0n) is 17.9. The first-order chi connectivity index (χ1) is 16.0. The highest BCUT2D eigenvalue weighted by atomic mass is 32.2. The van der Waals surface area contributed by atoms with Crippen LogP contribution in [-0.4, -0.2) is 27.3 Å². The summed E-state index contributed by atoms with van der Waals surface area (Å²) in [5, 5.41) is 5.12. The lowest BCUT2D eigenvalue weighted by Gasteiger charge is -2.12. The minimum atomic E-state index is -0.595. The van der Waals surface area contributed by atoms with E-state index >= 15 is 0 Å². The van der Waals surface area contributed by atoms with Gasteiger partial charge in [0, 0.05) is 10.3 Å². The number of nitrogens with zero attached hydrogens (tertiary/aromatic N) is 2. The highest BCUT2D eigenvalue weighted by molar-refractivity contribution is 8.00. The molecule has 4 aromatic rings. The van der Waals surface area contributed by atoms with Gasteiger partial charge in [-0.1, -0.05) is 66.7 Å². The number of hydrogen-bond acceptors (Lipinski definition) is 5. The Bertz CT molecular complexity index is 1370. The van der Waals surface area contributed by atoms with Crippen LogP contribution in [0.1, 0.15) is 21.6 Å². The Labute approximate surface area is 194 Å². The molecule has 0 spiro atoms. The molecule has 0 aliphatic carbocycles. The number of fused-ring (bicyclic) bond motifs is 1. The van der Waals surface area contributed by atoms with Crippen LogP contribution in [0, 0.1) is 6.92 Å². The third-order valence-corrected chi connectivity index (χ3v) is 6.20. The van der Waals surface area contributed by atoms with Gasteiger partial charge in [0.1, 0.15) is 0 Å². The first-order valence-corrected chi connectivity index (χ1v) is 11.3. The Hall–Kier alpha value is -3.91. The largest absolute Gasteiger partial charge is 0.290 e. The predicted molar refractivity (Wildman–Crippen MR) is 129 cm³/mol. The van der Waals surface area contributed by atoms with E-state index in [0.29, 0.717) is 10.8 Å². The van der Waals surface area contributed by atoms with Crippen LogP contribution in [0.25, 0.3) is 10.8 Å². The second-order valence-electron chi connectivity index (χ2n) is 7.40. The molecule has 0 bridgehead atoms. The van der Waals surface area contributed by atoms with Crippen LogP contribution in [0.3, 0.4) is 0 Å². The summed E-state index contributed by atoms with van der Waals surface area (Å²) < 4.78 is 1.27. The van der Waals surface area contributed by atoms with Crippen molar-refractivity contribution >= 4 is 34.3 Å². The second kappa shape index (κ2) is 10.1. The van der Waals surface area contributed by atoms with Gasteiger partial charge in [0.2, 0.25) is 5.91 Å². The lowest BCUT2D eigenvalue weighted by molar-refractivity contribution is -0.119. The minimum Gasteiger partial charge on any atom is -0.272 e. The van der Waals surface area contributed by atoms with E-state index in [2.05, 4.69) is 16.0 Å². The van der Waals surface area contributed by atoms with Crippen LogP contribution in [0.5, 0.6) is 0 Å². The lowest BCUT2D eigenvalue weighted by atomic mass is 10.1. The Morgan fingerprint density at radius 1 is 0.879 bits per heavy atom. The van der Waals surface area contributed by atoms with E-state index < -0.39 is 5.91 Å². The fourth-order valence-corrected chi connectivity index (χ4v) is 4.18. The molecule has 1 heterocycles. The van der Waals surface area contributed by atoms with Gasteiger partial charge < -0.3 is 0 Å². The highest BCUT2D eigenvalue weighted by Crippen LogP contribution is 2.21. The number of amides is 2. The molecule has 0 unspecified atom stereocenters. The molecule has 0 fully saturated rings. The van der Waals surface area contributed by atoms with Crippen molar-refractivity contribution in [2.75, 3.05) is 5.75 Å². The smallest absolute Gasteiger partial charge is 0.272 e. The summed E-state index contributed by atoms with van der Waals surface area (Å²) in [5.74, 6) is -0.798. The van der Waals surface area contributed by atoms with Gasteiger partial charge in [-0.15, -0.1) is 11.8 Å². The number of hydrogen-bond donors (Lipinski definition) is 2. The standard InChI is InChI=1S/C25H22N4O3S/c1-17-9-5-8-14-21(17)33-16-22(30)26-27-24(31)23-19-12-6-7-13-20(19)25(32)29(28-23)15-18-10-3-2-4-11-18/h2-14H,15-16H2,1H3,(H,26,30)(H,27,31). The van der Waals surface area contributed by atoms with E-state index in [9.17, 15) is 14.4 Å². The molecule has 1 aromatic heterocycles. The van der Waals surface area contributed by atoms with Crippen LogP contribution in [0.2, 0.25) is 0 Å². The molecular formula is C25H22N4O3S. The van der Waals surface area contributed by atoms with Gasteiger partial charge in [-0.2, -0.15) is 5.10 Å². The maximum atomic E-state index is 12.9. The summed E-state index contributed by atoms with van der Waals surface area (Å²) in [7, 11) is 0. The zero-order chi connectivity index (χ0) is 23.2. The normalized spacial score (nSPS) is 10.7. The van der Waals surface area contributed by atoms with Gasteiger partial charge in [0.05, 0.1) is 17.7 Å². The van der Waals surface area contributed by atoms with Gasteiger partial charge in [-0.05, 0) is 30.2 Å². The van der Waals surface area contributed by atoms with Gasteiger partial charge in [-0.3, -0.25) is 25.2 Å². The highest BCUT2D eigenvalue weighted by Gasteiger charge is 2.17. The predicted octanol–water partition coefficient (Wildman–Crippen LogP) is 3.31. The summed E-state index contributed by atoms with van der Waals surface area (Å²) in [6, 6.07) is 24.0. The Morgan fingerprint density at radius 2 is 1.55 bits per heavy atom. The monoisotopic (exact) mass is 458 g/mol. The molecule has 2 amide bonds. The van der Waals surface area contributed by atoms with E-state index in [1.54, 1.807) is 24.3 Å². The maximum absolute atomic E-state index is 12.9. The van der Waals surface area contributed by atoms with Crippen LogP contribution in [0.15, 0.2) is 88.6 Å². The van der Waals surface area contributed by atoms with Crippen molar-refractivity contribution in [1.29, 1.82) is 0 Å². The van der Waals surface area contributed by atoms with Gasteiger partial charge >= 0.3 is 0 Å². The Balaban J connectivity index is 1.51. The molecule has 166 valence electrons. The van der Waals surface area contributed by atoms with Crippen LogP contribution >= 0.6 is 11.8 Å². The number of carbonyl (C=O) groups is 2. The summed E-state index contributed by atoms with van der Waals surface area (Å²) in [6.45, 7) is 2.20. The SMILES string of the molecule is Cc1ccccc1SCC(=O)NNC(=O)c1nn(Cc2ccccc2)c(=O)c2ccccc12. The molecule has 0 saturated carbocycles. The first kappa shape index (κ1) is 22.3. The quantitative estimate of drug-likeness (QED) is 0.342. The number of thioether (sulfide) groups is 1. The number of hydrazine groups is 1. The topological polar surface area (TPSA) is 93.1 Å². The Kier molecular flexibility index (Phi) is 6.85. The average Bonchev–Trinajstić information content (AvgIpc) is 2.84. The molecule has 0 aliphatic heterocycles. The Morgan fingerprint density at radius 3 is 2.30 bits per heavy atom. The van der Waals surface area contributed by atoms with Crippen molar-refractivity contribution < 1.29 is 9.59 Å². The molecule has 4 rings (SSSR count). The lowest BCUT2D eigenvalue weighted by Crippen LogP contribution is -2.43. The minimum absolute atomic E-state index is 0.0630. The number of aryl methyl sites for hydroxylation is 1. The third-order valence-electron chi connectivity index (χ3n) is 5.03. The van der Waals surface area contributed by atoms with Gasteiger partial charge in [0.25, 0.3) is 11.5 Å². The zero-order valence-corrected chi connectivity index (χ0v) is 18.8. The molecule has 0 radical (unpaired) electrons. The third kappa shape index (κ3) is 5.30. The fraction of sp³-hybridized carbons (Fsp3) is 0.120. The number of nitrogens with one attached hydrogen (secondary N) is 2. The average molecular weight is 459 g/mol. The van der Waals surface area contributed by atoms with Crippen molar-refractivity contribution in [2.45, 2.75) is 18.4 Å². The van der Waals surface area contributed by atoms with Crippen molar-refractivity contribution in [1.82, 2.24) is 20.6 Å². The van der Waals surface area contributed by atoms with E-state index in [1.165, 1.54) is 16.4 Å². The van der Waals surface area contributed by atoms with E-state index in [0.717, 1.165) is 16.0 Å². The van der Waals surface area contributed by atoms with Crippen molar-refractivity contribution in [3.63, 3.8) is 0 Å². The molecular weight excluding hydrogens is 436 g/mol. The maximum Gasteiger partial charge on any atom is 0.290 e. The molecule has 2 N–H and O–H groups in total. The van der Waals surface area contributed by atoms with Gasteiger partial charge in [-0.25, -0.2) is 4.68 Å². The van der Waals surface area contributed by atoms with Crippen LogP contribution in [0.4, 0.5) is 0 Å². The molecule has 33 heavy (non-hydrogen) atoms. The van der Waals surface area contributed by atoms with Crippen LogP contribution < -0.4 is 16.4 Å². The van der Waals surface area contributed by atoms with Crippen molar-refractivity contribution in [3.05, 3.63) is 106 Å². The number of rotatable bonds is 6. The first-order valence-electron chi connectivity index (χ1n) is 10.3. The summed E-state index contributed by atoms with van der Waals surface area (Å²) in [5.41, 5.74) is 6.59. The van der Waals surface area contributed by atoms with Gasteiger partial charge in [0.15, 0.2) is 5.69 Å². The van der Waals surface area contributed by atoms with Crippen LogP contribution in [-0.2, 0) is 11.3 Å². The van der Waals surface area contributed by atoms with Crippen molar-refractivity contribution in [2.24, 2.45) is 0 Å². The van der Waals surface area contributed by atoms with E-state index in [-0.39, 0.29) is 29.5 Å². The van der Waals surface area contributed by atoms with E-state index in [1.807, 2.05) is 61.5 Å². The molecule has 3 aromatic carbocycles. The molecule has 0 saturated heterocycles. The molecule has 0 atom stereocenters. The summed E-state index contributed by atoms with van der Waals surface area (Å²) in [4.78, 5) is 39.1.